The van der Waals surface area contributed by atoms with Gasteiger partial charge in [-0.25, -0.2) is 14.4 Å². The molecule has 1 aliphatic carbocycles. The molecule has 0 bridgehead atoms. The molecule has 1 aliphatic rings. The van der Waals surface area contributed by atoms with Crippen molar-refractivity contribution in [1.82, 2.24) is 4.57 Å². The maximum Gasteiger partial charge on any atom is 0.265 e. The van der Waals surface area contributed by atoms with E-state index in [1.165, 1.54) is 56.0 Å². The van der Waals surface area contributed by atoms with Gasteiger partial charge in [-0.1, -0.05) is 43.9 Å². The molecule has 28 heavy (non-hydrogen) atoms. The number of aliphatic imine (C=N–C) groups is 2. The number of hydrogen-bond donors (Lipinski definition) is 0. The molecule has 0 radical (unpaired) electrons. The van der Waals surface area contributed by atoms with Crippen LogP contribution in [0.1, 0.15) is 45.4 Å². The molecule has 4 nitrogen and oxygen atoms in total. The van der Waals surface area contributed by atoms with Gasteiger partial charge in [0, 0.05) is 24.6 Å². The second-order valence-electron chi connectivity index (χ2n) is 7.10. The fraction of sp³-hybridized carbons (Fsp3) is 0.409. The highest BCUT2D eigenvalue weighted by molar-refractivity contribution is 7.99. The summed E-state index contributed by atoms with van der Waals surface area (Å²) in [5.74, 6) is 1.72. The summed E-state index contributed by atoms with van der Waals surface area (Å²) in [4.78, 5) is 23.3. The molecule has 0 amide bonds. The minimum atomic E-state index is -0.288. The standard InChI is InChI=1S/C22H26FN3OS/c1-3-24-20(15-16-7-5-4-6-8-16)25-21-14-13-19(22(27)26(21)2)28-18-11-9-17(23)10-12-18/h3,9-14,16H,4-8,15H2,1-2H3/b24-3?,25-20-. The van der Waals surface area contributed by atoms with E-state index in [9.17, 15) is 9.18 Å². The van der Waals surface area contributed by atoms with Crippen LogP contribution in [0.5, 0.6) is 0 Å². The highest BCUT2D eigenvalue weighted by Crippen LogP contribution is 2.28. The van der Waals surface area contributed by atoms with Crippen molar-refractivity contribution in [2.24, 2.45) is 23.0 Å². The molecule has 3 rings (SSSR count). The third kappa shape index (κ3) is 5.41. The summed E-state index contributed by atoms with van der Waals surface area (Å²) in [7, 11) is 1.73. The first-order valence-corrected chi connectivity index (χ1v) is 10.6. The summed E-state index contributed by atoms with van der Waals surface area (Å²) in [5.41, 5.74) is -0.118. The molecule has 2 aromatic rings. The Balaban J connectivity index is 1.82. The van der Waals surface area contributed by atoms with Gasteiger partial charge >= 0.3 is 0 Å². The minimum Gasteiger partial charge on any atom is -0.295 e. The Morgan fingerprint density at radius 2 is 1.89 bits per heavy atom. The van der Waals surface area contributed by atoms with E-state index in [4.69, 9.17) is 0 Å². The van der Waals surface area contributed by atoms with Crippen molar-refractivity contribution in [3.63, 3.8) is 0 Å². The van der Waals surface area contributed by atoms with E-state index in [1.807, 2.05) is 13.0 Å². The zero-order chi connectivity index (χ0) is 19.9. The number of rotatable bonds is 5. The van der Waals surface area contributed by atoms with Gasteiger partial charge in [-0.15, -0.1) is 0 Å². The van der Waals surface area contributed by atoms with Gasteiger partial charge < -0.3 is 0 Å². The van der Waals surface area contributed by atoms with Crippen molar-refractivity contribution in [2.75, 3.05) is 0 Å². The second-order valence-corrected chi connectivity index (χ2v) is 8.21. The lowest BCUT2D eigenvalue weighted by Crippen LogP contribution is -2.18. The monoisotopic (exact) mass is 399 g/mol. The molecule has 6 heteroatoms. The average molecular weight is 400 g/mol. The van der Waals surface area contributed by atoms with Gasteiger partial charge in [0.05, 0.1) is 4.90 Å². The first kappa shape index (κ1) is 20.5. The Morgan fingerprint density at radius 3 is 2.57 bits per heavy atom. The summed E-state index contributed by atoms with van der Waals surface area (Å²) in [6, 6.07) is 9.76. The van der Waals surface area contributed by atoms with Gasteiger partial charge in [0.2, 0.25) is 0 Å². The van der Waals surface area contributed by atoms with Crippen LogP contribution in [0, 0.1) is 11.7 Å². The molecular weight excluding hydrogens is 373 g/mol. The maximum absolute atomic E-state index is 13.1. The van der Waals surface area contributed by atoms with Gasteiger partial charge in [-0.3, -0.25) is 9.36 Å². The fourth-order valence-corrected chi connectivity index (χ4v) is 4.37. The first-order valence-electron chi connectivity index (χ1n) is 9.76. The summed E-state index contributed by atoms with van der Waals surface area (Å²) < 4.78 is 14.6. The second kappa shape index (κ2) is 9.82. The summed E-state index contributed by atoms with van der Waals surface area (Å²) in [6.07, 6.45) is 8.95. The van der Waals surface area contributed by atoms with Crippen LogP contribution in [0.3, 0.4) is 0 Å². The Labute approximate surface area is 169 Å². The third-order valence-electron chi connectivity index (χ3n) is 5.00. The van der Waals surface area contributed by atoms with Gasteiger partial charge in [0.1, 0.15) is 17.5 Å². The number of nitrogens with zero attached hydrogens (tertiary/aromatic N) is 3. The molecule has 1 saturated carbocycles. The molecule has 0 atom stereocenters. The lowest BCUT2D eigenvalue weighted by atomic mass is 9.87. The SMILES string of the molecule is CC=N/C(CC1CCCCC1)=N\c1ccc(Sc2ccc(F)cc2)c(=O)n1C. The number of pyridine rings is 1. The molecule has 148 valence electrons. The van der Waals surface area contributed by atoms with Gasteiger partial charge in [0.25, 0.3) is 5.56 Å². The van der Waals surface area contributed by atoms with Gasteiger partial charge in [0.15, 0.2) is 0 Å². The highest BCUT2D eigenvalue weighted by atomic mass is 32.2. The van der Waals surface area contributed by atoms with E-state index >= 15 is 0 Å². The van der Waals surface area contributed by atoms with Crippen molar-refractivity contribution in [2.45, 2.75) is 55.2 Å². The Hall–Kier alpha value is -2.21. The molecule has 0 saturated heterocycles. The van der Waals surface area contributed by atoms with Crippen LogP contribution in [0.15, 0.2) is 61.0 Å². The van der Waals surface area contributed by atoms with Crippen LogP contribution < -0.4 is 5.56 Å². The van der Waals surface area contributed by atoms with Crippen LogP contribution >= 0.6 is 11.8 Å². The van der Waals surface area contributed by atoms with Crippen molar-refractivity contribution in [1.29, 1.82) is 0 Å². The Morgan fingerprint density at radius 1 is 1.18 bits per heavy atom. The van der Waals surface area contributed by atoms with Crippen LogP contribution in [0.2, 0.25) is 0 Å². The van der Waals surface area contributed by atoms with Crippen molar-refractivity contribution < 1.29 is 4.39 Å². The predicted molar refractivity (Wildman–Crippen MR) is 115 cm³/mol. The molecule has 0 N–H and O–H groups in total. The van der Waals surface area contributed by atoms with Crippen molar-refractivity contribution in [3.8, 4) is 0 Å². The highest BCUT2D eigenvalue weighted by Gasteiger charge is 2.16. The first-order chi connectivity index (χ1) is 13.6. The fourth-order valence-electron chi connectivity index (χ4n) is 3.48. The van der Waals surface area contributed by atoms with Crippen LogP contribution in [-0.2, 0) is 7.05 Å². The van der Waals surface area contributed by atoms with E-state index in [2.05, 4.69) is 9.98 Å². The lowest BCUT2D eigenvalue weighted by Gasteiger charge is -2.21. The quantitative estimate of drug-likeness (QED) is 0.473. The molecule has 0 unspecified atom stereocenters. The Bertz CT molecular complexity index is 912. The number of aromatic nitrogens is 1. The number of amidine groups is 1. The lowest BCUT2D eigenvalue weighted by molar-refractivity contribution is 0.367. The number of benzene rings is 1. The molecule has 1 aromatic heterocycles. The van der Waals surface area contributed by atoms with Gasteiger partial charge in [-0.05, 0) is 49.2 Å². The third-order valence-corrected chi connectivity index (χ3v) is 6.04. The molecule has 1 heterocycles. The summed E-state index contributed by atoms with van der Waals surface area (Å²) >= 11 is 1.33. The van der Waals surface area contributed by atoms with Gasteiger partial charge in [-0.2, -0.15) is 0 Å². The van der Waals surface area contributed by atoms with E-state index in [0.717, 1.165) is 17.2 Å². The maximum atomic E-state index is 13.1. The molecular formula is C22H26FN3OS. The van der Waals surface area contributed by atoms with E-state index in [-0.39, 0.29) is 11.4 Å². The Kier molecular flexibility index (Phi) is 7.20. The van der Waals surface area contributed by atoms with E-state index in [0.29, 0.717) is 16.6 Å². The zero-order valence-corrected chi connectivity index (χ0v) is 17.2. The minimum absolute atomic E-state index is 0.118. The smallest absolute Gasteiger partial charge is 0.265 e. The van der Waals surface area contributed by atoms with E-state index < -0.39 is 0 Å². The summed E-state index contributed by atoms with van der Waals surface area (Å²) in [6.45, 7) is 1.89. The zero-order valence-electron chi connectivity index (χ0n) is 16.4. The topological polar surface area (TPSA) is 46.7 Å². The van der Waals surface area contributed by atoms with Crippen LogP contribution in [0.25, 0.3) is 0 Å². The van der Waals surface area contributed by atoms with E-state index in [1.54, 1.807) is 36.0 Å². The molecule has 1 fully saturated rings. The van der Waals surface area contributed by atoms with Crippen molar-refractivity contribution >= 4 is 29.6 Å². The van der Waals surface area contributed by atoms with Crippen LogP contribution in [0.4, 0.5) is 10.2 Å². The number of hydrogen-bond acceptors (Lipinski definition) is 3. The molecule has 0 aliphatic heterocycles. The molecule has 0 spiro atoms. The number of halogens is 1. The normalized spacial score (nSPS) is 16.0. The predicted octanol–water partition coefficient (Wildman–Crippen LogP) is 5.77. The summed E-state index contributed by atoms with van der Waals surface area (Å²) in [5, 5.41) is 0. The largest absolute Gasteiger partial charge is 0.295 e. The van der Waals surface area contributed by atoms with Crippen molar-refractivity contribution in [3.05, 3.63) is 52.6 Å². The average Bonchev–Trinajstić information content (AvgIpc) is 2.70. The van der Waals surface area contributed by atoms with Crippen LogP contribution in [-0.4, -0.2) is 16.6 Å². The molecule has 1 aromatic carbocycles.